The van der Waals surface area contributed by atoms with Crippen LogP contribution < -0.4 is 5.32 Å². The highest BCUT2D eigenvalue weighted by atomic mass is 32.2. The first kappa shape index (κ1) is 21.8. The fraction of sp³-hybridized carbons (Fsp3) is 0.450. The van der Waals surface area contributed by atoms with Crippen molar-refractivity contribution in [3.05, 3.63) is 35.7 Å². The Labute approximate surface area is 185 Å². The maximum Gasteiger partial charge on any atom is 0.248 e. The second-order valence-corrected chi connectivity index (χ2v) is 10.7. The van der Waals surface area contributed by atoms with Crippen molar-refractivity contribution in [1.82, 2.24) is 14.4 Å². The molecule has 0 radical (unpaired) electrons. The Morgan fingerprint density at radius 3 is 2.74 bits per heavy atom. The van der Waals surface area contributed by atoms with Crippen LogP contribution in [0.4, 0.5) is 5.69 Å². The van der Waals surface area contributed by atoms with Gasteiger partial charge in [0.15, 0.2) is 5.76 Å². The minimum atomic E-state index is -3.75. The SMILES string of the molecule is Cc1noc(C)c1S(=O)(=O)N1CCCN(C(=O)C[C@H]2Sc3ccccc3NC2=O)CC1. The number of nitrogens with one attached hydrogen (secondary N) is 1. The minimum Gasteiger partial charge on any atom is -0.360 e. The number of thioether (sulfide) groups is 1. The lowest BCUT2D eigenvalue weighted by Crippen LogP contribution is -2.40. The molecule has 3 heterocycles. The van der Waals surface area contributed by atoms with Gasteiger partial charge in [0, 0.05) is 37.5 Å². The summed E-state index contributed by atoms with van der Waals surface area (Å²) >= 11 is 1.39. The van der Waals surface area contributed by atoms with Crippen molar-refractivity contribution in [3.63, 3.8) is 0 Å². The molecule has 1 aromatic carbocycles. The molecule has 1 fully saturated rings. The van der Waals surface area contributed by atoms with Gasteiger partial charge < -0.3 is 14.7 Å². The van der Waals surface area contributed by atoms with Gasteiger partial charge >= 0.3 is 0 Å². The monoisotopic (exact) mass is 464 g/mol. The molecule has 2 amide bonds. The molecule has 1 N–H and O–H groups in total. The van der Waals surface area contributed by atoms with Gasteiger partial charge in [-0.15, -0.1) is 11.8 Å². The van der Waals surface area contributed by atoms with Crippen molar-refractivity contribution in [1.29, 1.82) is 0 Å². The molecule has 1 saturated heterocycles. The first-order valence-electron chi connectivity index (χ1n) is 10.0. The maximum absolute atomic E-state index is 13.1. The third-order valence-corrected chi connectivity index (χ3v) is 8.86. The highest BCUT2D eigenvalue weighted by Crippen LogP contribution is 2.36. The van der Waals surface area contributed by atoms with Crippen LogP contribution in [0.15, 0.2) is 38.6 Å². The topological polar surface area (TPSA) is 113 Å². The molecular formula is C20H24N4O5S2. The van der Waals surface area contributed by atoms with Crippen molar-refractivity contribution in [2.45, 2.75) is 41.7 Å². The number of fused-ring (bicyclic) bond motifs is 1. The summed E-state index contributed by atoms with van der Waals surface area (Å²) in [6, 6.07) is 7.50. The van der Waals surface area contributed by atoms with Crippen molar-refractivity contribution in [2.75, 3.05) is 31.5 Å². The summed E-state index contributed by atoms with van der Waals surface area (Å²) in [5, 5.41) is 6.09. The van der Waals surface area contributed by atoms with Crippen LogP contribution in [0.1, 0.15) is 24.3 Å². The molecule has 1 atom stereocenters. The Balaban J connectivity index is 1.41. The minimum absolute atomic E-state index is 0.0709. The van der Waals surface area contributed by atoms with Crippen LogP contribution in [0.5, 0.6) is 0 Å². The van der Waals surface area contributed by atoms with Crippen LogP contribution in [0, 0.1) is 13.8 Å². The molecule has 0 bridgehead atoms. The van der Waals surface area contributed by atoms with Gasteiger partial charge in [-0.25, -0.2) is 8.42 Å². The molecule has 166 valence electrons. The van der Waals surface area contributed by atoms with E-state index in [2.05, 4.69) is 10.5 Å². The van der Waals surface area contributed by atoms with Crippen LogP contribution in [-0.4, -0.2) is 66.0 Å². The average molecular weight is 465 g/mol. The number of nitrogens with zero attached hydrogens (tertiary/aromatic N) is 3. The molecule has 31 heavy (non-hydrogen) atoms. The Kier molecular flexibility index (Phi) is 6.09. The fourth-order valence-corrected chi connectivity index (χ4v) is 6.73. The number of anilines is 1. The summed E-state index contributed by atoms with van der Waals surface area (Å²) in [6.07, 6.45) is 0.586. The molecule has 0 unspecified atom stereocenters. The lowest BCUT2D eigenvalue weighted by atomic mass is 10.2. The van der Waals surface area contributed by atoms with Crippen molar-refractivity contribution in [2.24, 2.45) is 0 Å². The van der Waals surface area contributed by atoms with E-state index >= 15 is 0 Å². The fourth-order valence-electron chi connectivity index (χ4n) is 3.87. The number of aryl methyl sites for hydroxylation is 2. The van der Waals surface area contributed by atoms with Gasteiger partial charge in [-0.2, -0.15) is 4.31 Å². The third kappa shape index (κ3) is 4.35. The Hall–Kier alpha value is -2.37. The van der Waals surface area contributed by atoms with Gasteiger partial charge in [-0.1, -0.05) is 17.3 Å². The summed E-state index contributed by atoms with van der Waals surface area (Å²) < 4.78 is 32.5. The van der Waals surface area contributed by atoms with Gasteiger partial charge in [0.1, 0.15) is 10.6 Å². The van der Waals surface area contributed by atoms with E-state index in [-0.39, 0.29) is 42.0 Å². The molecule has 0 spiro atoms. The summed E-state index contributed by atoms with van der Waals surface area (Å²) in [5.74, 6) is -0.0756. The summed E-state index contributed by atoms with van der Waals surface area (Å²) in [7, 11) is -3.75. The van der Waals surface area contributed by atoms with E-state index in [1.54, 1.807) is 18.7 Å². The normalized spacial score (nSPS) is 20.1. The number of carbonyl (C=O) groups is 2. The number of carbonyl (C=O) groups excluding carboxylic acids is 2. The van der Waals surface area contributed by atoms with Crippen molar-refractivity contribution >= 4 is 39.3 Å². The maximum atomic E-state index is 13.1. The van der Waals surface area contributed by atoms with Gasteiger partial charge in [0.05, 0.1) is 10.9 Å². The molecule has 2 aromatic rings. The second-order valence-electron chi connectivity index (χ2n) is 7.59. The van der Waals surface area contributed by atoms with E-state index in [0.717, 1.165) is 10.6 Å². The molecule has 0 saturated carbocycles. The molecule has 1 aromatic heterocycles. The number of amides is 2. The standard InChI is InChI=1S/C20H24N4O5S2/c1-13-19(14(2)29-22-13)31(27,28)24-9-5-8-23(10-11-24)18(25)12-17-20(26)21-15-6-3-4-7-16(15)30-17/h3-4,6-7,17H,5,8-12H2,1-2H3,(H,21,26)/t17-/m1/s1. The first-order valence-corrected chi connectivity index (χ1v) is 12.4. The van der Waals surface area contributed by atoms with E-state index in [0.29, 0.717) is 25.2 Å². The first-order chi connectivity index (χ1) is 14.8. The number of sulfonamides is 1. The highest BCUT2D eigenvalue weighted by molar-refractivity contribution is 8.01. The Morgan fingerprint density at radius 1 is 1.23 bits per heavy atom. The zero-order chi connectivity index (χ0) is 22.2. The molecular weight excluding hydrogens is 440 g/mol. The quantitative estimate of drug-likeness (QED) is 0.736. The third-order valence-electron chi connectivity index (χ3n) is 5.44. The highest BCUT2D eigenvalue weighted by Gasteiger charge is 2.34. The molecule has 0 aliphatic carbocycles. The van der Waals surface area contributed by atoms with Gasteiger partial charge in [0.25, 0.3) is 0 Å². The van der Waals surface area contributed by atoms with E-state index in [1.165, 1.54) is 16.1 Å². The predicted octanol–water partition coefficient (Wildman–Crippen LogP) is 2.02. The number of aromatic nitrogens is 1. The number of hydrogen-bond donors (Lipinski definition) is 1. The lowest BCUT2D eigenvalue weighted by Gasteiger charge is -2.26. The van der Waals surface area contributed by atoms with Gasteiger partial charge in [-0.3, -0.25) is 9.59 Å². The summed E-state index contributed by atoms with van der Waals surface area (Å²) in [6.45, 7) is 4.39. The van der Waals surface area contributed by atoms with Crippen LogP contribution >= 0.6 is 11.8 Å². The lowest BCUT2D eigenvalue weighted by molar-refractivity contribution is -0.132. The Bertz CT molecular complexity index is 1100. The second kappa shape index (κ2) is 8.64. The number of benzene rings is 1. The van der Waals surface area contributed by atoms with E-state index in [4.69, 9.17) is 4.52 Å². The van der Waals surface area contributed by atoms with Gasteiger partial charge in [0.2, 0.25) is 21.8 Å². The number of rotatable bonds is 4. The van der Waals surface area contributed by atoms with Crippen LogP contribution in [0.25, 0.3) is 0 Å². The summed E-state index contributed by atoms with van der Waals surface area (Å²) in [4.78, 5) is 28.0. The average Bonchev–Trinajstić information content (AvgIpc) is 2.93. The van der Waals surface area contributed by atoms with Crippen molar-refractivity contribution < 1.29 is 22.5 Å². The molecule has 2 aliphatic heterocycles. The van der Waals surface area contributed by atoms with E-state index in [9.17, 15) is 18.0 Å². The number of hydrogen-bond acceptors (Lipinski definition) is 7. The van der Waals surface area contributed by atoms with Crippen LogP contribution in [-0.2, 0) is 19.6 Å². The van der Waals surface area contributed by atoms with E-state index in [1.807, 2.05) is 24.3 Å². The zero-order valence-electron chi connectivity index (χ0n) is 17.3. The van der Waals surface area contributed by atoms with Gasteiger partial charge in [-0.05, 0) is 32.4 Å². The van der Waals surface area contributed by atoms with Crippen LogP contribution in [0.2, 0.25) is 0 Å². The Morgan fingerprint density at radius 2 is 2.00 bits per heavy atom. The summed E-state index contributed by atoms with van der Waals surface area (Å²) in [5.41, 5.74) is 1.09. The van der Waals surface area contributed by atoms with Crippen LogP contribution in [0.3, 0.4) is 0 Å². The predicted molar refractivity (Wildman–Crippen MR) is 115 cm³/mol. The van der Waals surface area contributed by atoms with Crippen molar-refractivity contribution in [3.8, 4) is 0 Å². The molecule has 4 rings (SSSR count). The largest absolute Gasteiger partial charge is 0.360 e. The molecule has 9 nitrogen and oxygen atoms in total. The smallest absolute Gasteiger partial charge is 0.248 e. The van der Waals surface area contributed by atoms with E-state index < -0.39 is 15.3 Å². The zero-order valence-corrected chi connectivity index (χ0v) is 19.0. The molecule has 2 aliphatic rings. The molecule has 11 heteroatoms. The number of para-hydroxylation sites is 1.